The summed E-state index contributed by atoms with van der Waals surface area (Å²) in [6, 6.07) is 0. The van der Waals surface area contributed by atoms with Crippen LogP contribution < -0.4 is 0 Å². The molecule has 0 aromatic rings. The molecule has 1 fully saturated rings. The summed E-state index contributed by atoms with van der Waals surface area (Å²) >= 11 is 0. The van der Waals surface area contributed by atoms with E-state index in [0.29, 0.717) is 0 Å². The zero-order valence-electron chi connectivity index (χ0n) is 5.66. The fourth-order valence-corrected chi connectivity index (χ4v) is 1.03. The van der Waals surface area contributed by atoms with Gasteiger partial charge in [0.25, 0.3) is 5.92 Å². The van der Waals surface area contributed by atoms with E-state index >= 15 is 0 Å². The Bertz CT molecular complexity index is 99.1. The van der Waals surface area contributed by atoms with Crippen molar-refractivity contribution in [2.24, 2.45) is 5.92 Å². The molecule has 0 aliphatic heterocycles. The van der Waals surface area contributed by atoms with Gasteiger partial charge in [-0.3, -0.25) is 0 Å². The second kappa shape index (κ2) is 2.24. The molecule has 0 unspecified atom stereocenters. The first-order chi connectivity index (χ1) is 4.17. The molecule has 1 saturated carbocycles. The summed E-state index contributed by atoms with van der Waals surface area (Å²) in [7, 11) is 0. The molecule has 1 aliphatic carbocycles. The van der Waals surface area contributed by atoms with Crippen LogP contribution in [-0.4, -0.2) is 5.92 Å². The van der Waals surface area contributed by atoms with Gasteiger partial charge in [-0.15, -0.1) is 0 Å². The summed E-state index contributed by atoms with van der Waals surface area (Å²) in [6.07, 6.45) is 2.86. The fraction of sp³-hybridized carbons (Fsp3) is 1.00. The molecule has 0 bridgehead atoms. The first kappa shape index (κ1) is 6.97. The van der Waals surface area contributed by atoms with E-state index in [1.165, 1.54) is 0 Å². The van der Waals surface area contributed by atoms with E-state index in [1.54, 1.807) is 0 Å². The van der Waals surface area contributed by atoms with Crippen LogP contribution in [0, 0.1) is 5.92 Å². The molecule has 0 amide bonds. The predicted octanol–water partition coefficient (Wildman–Crippen LogP) is 2.83. The van der Waals surface area contributed by atoms with Crippen molar-refractivity contribution in [3.63, 3.8) is 0 Å². The van der Waals surface area contributed by atoms with Crippen molar-refractivity contribution in [2.45, 2.75) is 38.5 Å². The SMILES string of the molecule is CCCC[C@@H]1CC1(F)F. The summed E-state index contributed by atoms with van der Waals surface area (Å²) < 4.78 is 24.2. The quantitative estimate of drug-likeness (QED) is 0.556. The monoisotopic (exact) mass is 134 g/mol. The molecule has 1 aliphatic rings. The maximum absolute atomic E-state index is 12.1. The van der Waals surface area contributed by atoms with Crippen molar-refractivity contribution in [2.75, 3.05) is 0 Å². The van der Waals surface area contributed by atoms with Gasteiger partial charge in [0.15, 0.2) is 0 Å². The molecular weight excluding hydrogens is 122 g/mol. The van der Waals surface area contributed by atoms with Crippen molar-refractivity contribution >= 4 is 0 Å². The normalized spacial score (nSPS) is 30.3. The van der Waals surface area contributed by atoms with Gasteiger partial charge < -0.3 is 0 Å². The minimum Gasteiger partial charge on any atom is -0.207 e. The van der Waals surface area contributed by atoms with Gasteiger partial charge in [-0.2, -0.15) is 0 Å². The molecule has 0 aromatic heterocycles. The van der Waals surface area contributed by atoms with Crippen LogP contribution >= 0.6 is 0 Å². The minimum absolute atomic E-state index is 0.146. The third kappa shape index (κ3) is 1.63. The van der Waals surface area contributed by atoms with E-state index in [0.717, 1.165) is 19.3 Å². The molecule has 0 heterocycles. The molecule has 1 rings (SSSR count). The van der Waals surface area contributed by atoms with Gasteiger partial charge in [0.1, 0.15) is 0 Å². The summed E-state index contributed by atoms with van der Waals surface area (Å²) in [6.45, 7) is 2.03. The molecule has 9 heavy (non-hydrogen) atoms. The highest BCUT2D eigenvalue weighted by molar-refractivity contribution is 4.94. The number of hydrogen-bond acceptors (Lipinski definition) is 0. The van der Waals surface area contributed by atoms with E-state index in [-0.39, 0.29) is 12.3 Å². The first-order valence-electron chi connectivity index (χ1n) is 3.54. The average molecular weight is 134 g/mol. The molecular formula is C7H12F2. The van der Waals surface area contributed by atoms with Gasteiger partial charge in [-0.05, 0) is 6.42 Å². The van der Waals surface area contributed by atoms with Gasteiger partial charge in [0.05, 0.1) is 0 Å². The van der Waals surface area contributed by atoms with Crippen LogP contribution in [0.1, 0.15) is 32.6 Å². The Morgan fingerprint density at radius 3 is 2.44 bits per heavy atom. The zero-order valence-corrected chi connectivity index (χ0v) is 5.66. The third-order valence-electron chi connectivity index (χ3n) is 1.86. The summed E-state index contributed by atoms with van der Waals surface area (Å²) in [5.41, 5.74) is 0. The lowest BCUT2D eigenvalue weighted by atomic mass is 10.2. The van der Waals surface area contributed by atoms with Crippen LogP contribution in [-0.2, 0) is 0 Å². The van der Waals surface area contributed by atoms with E-state index in [4.69, 9.17) is 0 Å². The van der Waals surface area contributed by atoms with Crippen LogP contribution in [0.2, 0.25) is 0 Å². The van der Waals surface area contributed by atoms with Crippen LogP contribution in [0.15, 0.2) is 0 Å². The Hall–Kier alpha value is -0.140. The van der Waals surface area contributed by atoms with Crippen molar-refractivity contribution in [3.8, 4) is 0 Å². The van der Waals surface area contributed by atoms with E-state index < -0.39 is 5.92 Å². The molecule has 0 N–H and O–H groups in total. The van der Waals surface area contributed by atoms with Crippen LogP contribution in [0.5, 0.6) is 0 Å². The molecule has 0 spiro atoms. The largest absolute Gasteiger partial charge is 0.251 e. The Balaban J connectivity index is 2.06. The average Bonchev–Trinajstić information content (AvgIpc) is 2.35. The second-order valence-electron chi connectivity index (χ2n) is 2.80. The summed E-state index contributed by atoms with van der Waals surface area (Å²) in [5, 5.41) is 0. The first-order valence-corrected chi connectivity index (χ1v) is 3.54. The Labute approximate surface area is 54.3 Å². The number of halogens is 2. The summed E-state index contributed by atoms with van der Waals surface area (Å²) in [4.78, 5) is 0. The standard InChI is InChI=1S/C7H12F2/c1-2-3-4-6-5-7(6,8)9/h6H,2-5H2,1H3/t6-/m1/s1. The highest BCUT2D eigenvalue weighted by Crippen LogP contribution is 2.51. The maximum Gasteiger partial charge on any atom is 0.251 e. The predicted molar refractivity (Wildman–Crippen MR) is 32.6 cm³/mol. The molecule has 0 nitrogen and oxygen atoms in total. The highest BCUT2D eigenvalue weighted by atomic mass is 19.3. The lowest BCUT2D eigenvalue weighted by Gasteiger charge is -1.93. The van der Waals surface area contributed by atoms with Crippen molar-refractivity contribution in [3.05, 3.63) is 0 Å². The summed E-state index contributed by atoms with van der Waals surface area (Å²) in [5.74, 6) is -2.55. The Morgan fingerprint density at radius 1 is 1.56 bits per heavy atom. The number of alkyl halides is 2. The lowest BCUT2D eigenvalue weighted by molar-refractivity contribution is 0.0965. The minimum atomic E-state index is -2.28. The molecule has 1 atom stereocenters. The van der Waals surface area contributed by atoms with E-state index in [9.17, 15) is 8.78 Å². The Kier molecular flexibility index (Phi) is 1.73. The smallest absolute Gasteiger partial charge is 0.207 e. The van der Waals surface area contributed by atoms with Gasteiger partial charge in [0.2, 0.25) is 0 Å². The number of hydrogen-bond donors (Lipinski definition) is 0. The fourth-order valence-electron chi connectivity index (χ4n) is 1.03. The van der Waals surface area contributed by atoms with Gasteiger partial charge in [0, 0.05) is 12.3 Å². The Morgan fingerprint density at radius 2 is 2.11 bits per heavy atom. The number of rotatable bonds is 3. The van der Waals surface area contributed by atoms with Crippen LogP contribution in [0.3, 0.4) is 0 Å². The van der Waals surface area contributed by atoms with Gasteiger partial charge in [-0.1, -0.05) is 19.8 Å². The topological polar surface area (TPSA) is 0 Å². The van der Waals surface area contributed by atoms with E-state index in [1.807, 2.05) is 6.92 Å². The van der Waals surface area contributed by atoms with E-state index in [2.05, 4.69) is 0 Å². The van der Waals surface area contributed by atoms with Crippen LogP contribution in [0.4, 0.5) is 8.78 Å². The second-order valence-corrected chi connectivity index (χ2v) is 2.80. The van der Waals surface area contributed by atoms with Crippen LogP contribution in [0.25, 0.3) is 0 Å². The number of unbranched alkanes of at least 4 members (excludes halogenated alkanes) is 1. The maximum atomic E-state index is 12.1. The molecule has 54 valence electrons. The highest BCUT2D eigenvalue weighted by Gasteiger charge is 2.55. The van der Waals surface area contributed by atoms with Crippen molar-refractivity contribution in [1.29, 1.82) is 0 Å². The molecule has 2 heteroatoms. The van der Waals surface area contributed by atoms with Gasteiger partial charge in [-0.25, -0.2) is 8.78 Å². The van der Waals surface area contributed by atoms with Crippen molar-refractivity contribution in [1.82, 2.24) is 0 Å². The molecule has 0 radical (unpaired) electrons. The lowest BCUT2D eigenvalue weighted by Crippen LogP contribution is -1.92. The zero-order chi connectivity index (χ0) is 6.91. The third-order valence-corrected chi connectivity index (χ3v) is 1.86. The molecule has 0 aromatic carbocycles. The van der Waals surface area contributed by atoms with Gasteiger partial charge >= 0.3 is 0 Å². The molecule has 0 saturated heterocycles. The van der Waals surface area contributed by atoms with Crippen molar-refractivity contribution < 1.29 is 8.78 Å².